The van der Waals surface area contributed by atoms with Gasteiger partial charge in [0.2, 0.25) is 0 Å². The molecule has 21 heavy (non-hydrogen) atoms. The number of carbonyl (C=O) groups is 1. The van der Waals surface area contributed by atoms with Crippen LogP contribution in [-0.4, -0.2) is 42.7 Å². The van der Waals surface area contributed by atoms with E-state index < -0.39 is 6.10 Å². The van der Waals surface area contributed by atoms with Gasteiger partial charge in [-0.05, 0) is 43.9 Å². The lowest BCUT2D eigenvalue weighted by atomic mass is 10.1. The zero-order chi connectivity index (χ0) is 15.2. The van der Waals surface area contributed by atoms with Gasteiger partial charge in [-0.3, -0.25) is 4.79 Å². The Balaban J connectivity index is 1.97. The monoisotopic (exact) mass is 293 g/mol. The quantitative estimate of drug-likeness (QED) is 0.903. The fourth-order valence-electron chi connectivity index (χ4n) is 2.44. The number of aliphatic hydroxyl groups excluding tert-OH is 1. The third-order valence-electron chi connectivity index (χ3n) is 3.73. The number of carbonyl (C=O) groups excluding carboxylic acids is 1. The van der Waals surface area contributed by atoms with Crippen LogP contribution >= 0.6 is 0 Å². The molecule has 1 aromatic carbocycles. The summed E-state index contributed by atoms with van der Waals surface area (Å²) in [7, 11) is 1.54. The molecule has 0 aliphatic carbocycles. The summed E-state index contributed by atoms with van der Waals surface area (Å²) in [4.78, 5) is 13.9. The molecule has 0 bridgehead atoms. The molecule has 1 atom stereocenters. The Kier molecular flexibility index (Phi) is 5.44. The number of benzene rings is 1. The first-order valence-corrected chi connectivity index (χ1v) is 7.38. The van der Waals surface area contributed by atoms with Gasteiger partial charge in [0, 0.05) is 13.1 Å². The fourth-order valence-corrected chi connectivity index (χ4v) is 2.44. The summed E-state index contributed by atoms with van der Waals surface area (Å²) < 4.78 is 10.8. The van der Waals surface area contributed by atoms with Gasteiger partial charge in [0.05, 0.1) is 13.2 Å². The minimum atomic E-state index is -0.567. The van der Waals surface area contributed by atoms with E-state index in [1.54, 1.807) is 32.2 Å². The van der Waals surface area contributed by atoms with E-state index in [-0.39, 0.29) is 12.5 Å². The standard InChI is InChI=1S/C16H23NO4/c1-12(18)13-6-7-14(15(10-13)20-2)21-11-16(19)17-8-4-3-5-9-17/h6-7,10,12,18H,3-5,8-9,11H2,1-2H3/t12-/m1/s1. The third-order valence-corrected chi connectivity index (χ3v) is 3.73. The van der Waals surface area contributed by atoms with Gasteiger partial charge in [-0.15, -0.1) is 0 Å². The molecule has 5 heteroatoms. The molecule has 1 N–H and O–H groups in total. The third kappa shape index (κ3) is 4.11. The van der Waals surface area contributed by atoms with Gasteiger partial charge >= 0.3 is 0 Å². The summed E-state index contributed by atoms with van der Waals surface area (Å²) in [5.41, 5.74) is 0.751. The molecule has 0 radical (unpaired) electrons. The second-order valence-corrected chi connectivity index (χ2v) is 5.32. The Labute approximate surface area is 125 Å². The van der Waals surface area contributed by atoms with Crippen molar-refractivity contribution in [2.75, 3.05) is 26.8 Å². The minimum absolute atomic E-state index is 0.0105. The number of nitrogens with zero attached hydrogens (tertiary/aromatic N) is 1. The zero-order valence-corrected chi connectivity index (χ0v) is 12.7. The van der Waals surface area contributed by atoms with E-state index >= 15 is 0 Å². The second-order valence-electron chi connectivity index (χ2n) is 5.32. The lowest BCUT2D eigenvalue weighted by Gasteiger charge is -2.26. The van der Waals surface area contributed by atoms with Crippen LogP contribution in [0.3, 0.4) is 0 Å². The van der Waals surface area contributed by atoms with Crippen molar-refractivity contribution < 1.29 is 19.4 Å². The topological polar surface area (TPSA) is 59.0 Å². The normalized spacial score (nSPS) is 16.4. The first-order chi connectivity index (χ1) is 10.1. The highest BCUT2D eigenvalue weighted by Gasteiger charge is 2.17. The van der Waals surface area contributed by atoms with Crippen molar-refractivity contribution in [3.05, 3.63) is 23.8 Å². The van der Waals surface area contributed by atoms with Crippen LogP contribution in [0.5, 0.6) is 11.5 Å². The van der Waals surface area contributed by atoms with Crippen molar-refractivity contribution in [2.45, 2.75) is 32.3 Å². The van der Waals surface area contributed by atoms with Crippen molar-refractivity contribution in [1.29, 1.82) is 0 Å². The second kappa shape index (κ2) is 7.31. The van der Waals surface area contributed by atoms with E-state index in [1.807, 2.05) is 4.90 Å². The molecule has 1 aliphatic heterocycles. The summed E-state index contributed by atoms with van der Waals surface area (Å²) in [5.74, 6) is 1.06. The Morgan fingerprint density at radius 2 is 2.00 bits per heavy atom. The van der Waals surface area contributed by atoms with Crippen LogP contribution in [-0.2, 0) is 4.79 Å². The summed E-state index contributed by atoms with van der Waals surface area (Å²) >= 11 is 0. The fraction of sp³-hybridized carbons (Fsp3) is 0.562. The predicted molar refractivity (Wildman–Crippen MR) is 79.6 cm³/mol. The number of piperidine rings is 1. The maximum Gasteiger partial charge on any atom is 0.260 e. The molecule has 1 saturated heterocycles. The average molecular weight is 293 g/mol. The summed E-state index contributed by atoms with van der Waals surface area (Å²) in [6.45, 7) is 3.35. The molecule has 1 aromatic rings. The van der Waals surface area contributed by atoms with E-state index in [0.717, 1.165) is 31.5 Å². The van der Waals surface area contributed by atoms with Crippen molar-refractivity contribution in [2.24, 2.45) is 0 Å². The van der Waals surface area contributed by atoms with Crippen LogP contribution < -0.4 is 9.47 Å². The molecule has 116 valence electrons. The van der Waals surface area contributed by atoms with Gasteiger partial charge < -0.3 is 19.5 Å². The van der Waals surface area contributed by atoms with E-state index in [4.69, 9.17) is 9.47 Å². The van der Waals surface area contributed by atoms with Crippen molar-refractivity contribution in [3.63, 3.8) is 0 Å². The maximum absolute atomic E-state index is 12.1. The highest BCUT2D eigenvalue weighted by molar-refractivity contribution is 5.78. The largest absolute Gasteiger partial charge is 0.493 e. The number of likely N-dealkylation sites (tertiary alicyclic amines) is 1. The highest BCUT2D eigenvalue weighted by atomic mass is 16.5. The highest BCUT2D eigenvalue weighted by Crippen LogP contribution is 2.30. The summed E-state index contributed by atoms with van der Waals surface area (Å²) in [6, 6.07) is 5.23. The minimum Gasteiger partial charge on any atom is -0.493 e. The van der Waals surface area contributed by atoms with E-state index in [2.05, 4.69) is 0 Å². The van der Waals surface area contributed by atoms with Gasteiger partial charge in [0.15, 0.2) is 18.1 Å². The van der Waals surface area contributed by atoms with E-state index in [1.165, 1.54) is 6.42 Å². The molecule has 0 spiro atoms. The van der Waals surface area contributed by atoms with Crippen LogP contribution in [0, 0.1) is 0 Å². The summed E-state index contributed by atoms with van der Waals surface area (Å²) in [5, 5.41) is 9.57. The van der Waals surface area contributed by atoms with Crippen LogP contribution in [0.15, 0.2) is 18.2 Å². The molecule has 2 rings (SSSR count). The van der Waals surface area contributed by atoms with Crippen molar-refractivity contribution >= 4 is 5.91 Å². The number of methoxy groups -OCH3 is 1. The Hall–Kier alpha value is -1.75. The number of hydrogen-bond acceptors (Lipinski definition) is 4. The number of amides is 1. The molecular formula is C16H23NO4. The van der Waals surface area contributed by atoms with Gasteiger partial charge in [-0.25, -0.2) is 0 Å². The Morgan fingerprint density at radius 1 is 1.29 bits per heavy atom. The molecule has 0 unspecified atom stereocenters. The van der Waals surface area contributed by atoms with Crippen LogP contribution in [0.4, 0.5) is 0 Å². The van der Waals surface area contributed by atoms with Crippen LogP contribution in [0.1, 0.15) is 37.9 Å². The van der Waals surface area contributed by atoms with Crippen molar-refractivity contribution in [3.8, 4) is 11.5 Å². The molecule has 1 amide bonds. The molecule has 0 aromatic heterocycles. The molecular weight excluding hydrogens is 270 g/mol. The van der Waals surface area contributed by atoms with Gasteiger partial charge in [-0.2, -0.15) is 0 Å². The predicted octanol–water partition coefficient (Wildman–Crippen LogP) is 2.14. The lowest BCUT2D eigenvalue weighted by Crippen LogP contribution is -2.38. The molecule has 1 aliphatic rings. The summed E-state index contributed by atoms with van der Waals surface area (Å²) in [6.07, 6.45) is 2.76. The molecule has 1 fully saturated rings. The van der Waals surface area contributed by atoms with Gasteiger partial charge in [0.25, 0.3) is 5.91 Å². The molecule has 5 nitrogen and oxygen atoms in total. The Bertz CT molecular complexity index is 481. The van der Waals surface area contributed by atoms with E-state index in [0.29, 0.717) is 11.5 Å². The molecule has 1 heterocycles. The number of aliphatic hydroxyl groups is 1. The maximum atomic E-state index is 12.1. The van der Waals surface area contributed by atoms with Crippen LogP contribution in [0.25, 0.3) is 0 Å². The van der Waals surface area contributed by atoms with Crippen LogP contribution in [0.2, 0.25) is 0 Å². The zero-order valence-electron chi connectivity index (χ0n) is 12.7. The first-order valence-electron chi connectivity index (χ1n) is 7.38. The smallest absolute Gasteiger partial charge is 0.260 e. The lowest BCUT2D eigenvalue weighted by molar-refractivity contribution is -0.134. The Morgan fingerprint density at radius 3 is 2.62 bits per heavy atom. The number of ether oxygens (including phenoxy) is 2. The molecule has 0 saturated carbocycles. The SMILES string of the molecule is COc1cc([C@@H](C)O)ccc1OCC(=O)N1CCCCC1. The first kappa shape index (κ1) is 15.6. The number of rotatable bonds is 5. The van der Waals surface area contributed by atoms with Gasteiger partial charge in [-0.1, -0.05) is 6.07 Å². The van der Waals surface area contributed by atoms with E-state index in [9.17, 15) is 9.90 Å². The average Bonchev–Trinajstić information content (AvgIpc) is 2.53. The van der Waals surface area contributed by atoms with Gasteiger partial charge in [0.1, 0.15) is 0 Å². The number of hydrogen-bond donors (Lipinski definition) is 1. The van der Waals surface area contributed by atoms with Crippen molar-refractivity contribution in [1.82, 2.24) is 4.90 Å².